The van der Waals surface area contributed by atoms with Crippen LogP contribution in [0.5, 0.6) is 0 Å². The Kier molecular flexibility index (Phi) is 6.31. The van der Waals surface area contributed by atoms with Crippen molar-refractivity contribution >= 4 is 92.6 Å². The molecular weight excluding hydrogens is 631 g/mol. The van der Waals surface area contributed by atoms with Crippen LogP contribution in [0, 0.1) is 0 Å². The van der Waals surface area contributed by atoms with Crippen molar-refractivity contribution in [2.24, 2.45) is 0 Å². The first-order chi connectivity index (χ1) is 23.7. The topological polar surface area (TPSA) is 42.1 Å². The zero-order valence-corrected chi connectivity index (χ0v) is 27.3. The van der Waals surface area contributed by atoms with E-state index in [1.807, 2.05) is 22.7 Å². The molecule has 6 heteroatoms. The standard InChI is InChI=1S/C42H27NO3S2/c44-42(46-24-29-23-45-29)43-36-19-17-25(30-9-5-11-34-32-7-1-3-13-38(32)47-40(30)34)21-27(36)15-16-28-22-26(18-20-37(28)43)31-10-6-12-35-33-8-2-4-14-39(33)48-41(31)35/h1-22,29H,23-24H2. The number of hydrogen-bond acceptors (Lipinski definition) is 5. The summed E-state index contributed by atoms with van der Waals surface area (Å²) in [5.74, 6) is 0. The Hall–Kier alpha value is -5.27. The van der Waals surface area contributed by atoms with Crippen molar-refractivity contribution in [2.75, 3.05) is 18.1 Å². The maximum atomic E-state index is 13.9. The summed E-state index contributed by atoms with van der Waals surface area (Å²) in [6.07, 6.45) is 3.83. The van der Waals surface area contributed by atoms with Gasteiger partial charge in [-0.15, -0.1) is 22.7 Å². The molecule has 2 aromatic heterocycles. The summed E-state index contributed by atoms with van der Waals surface area (Å²) in [6, 6.07) is 43.0. The number of amides is 1. The van der Waals surface area contributed by atoms with E-state index >= 15 is 0 Å². The minimum Gasteiger partial charge on any atom is -0.446 e. The first-order valence-electron chi connectivity index (χ1n) is 16.1. The van der Waals surface area contributed by atoms with E-state index in [1.165, 1.54) is 51.5 Å². The second kappa shape index (κ2) is 10.9. The number of carbonyl (C=O) groups is 1. The van der Waals surface area contributed by atoms with Crippen molar-refractivity contribution in [1.29, 1.82) is 0 Å². The Morgan fingerprint density at radius 2 is 1.15 bits per heavy atom. The summed E-state index contributed by atoms with van der Waals surface area (Å²) >= 11 is 3.65. The Labute approximate surface area is 284 Å². The number of thiophene rings is 2. The molecule has 4 heterocycles. The van der Waals surface area contributed by atoms with E-state index in [0.29, 0.717) is 6.61 Å². The fraction of sp³-hybridized carbons (Fsp3) is 0.0714. The first-order valence-corrected chi connectivity index (χ1v) is 17.7. The summed E-state index contributed by atoms with van der Waals surface area (Å²) in [5, 5.41) is 5.08. The molecule has 1 unspecified atom stereocenters. The molecule has 8 aromatic rings. The molecule has 6 aromatic carbocycles. The summed E-state index contributed by atoms with van der Waals surface area (Å²) < 4.78 is 16.3. The maximum absolute atomic E-state index is 13.9. The Balaban J connectivity index is 1.11. The molecule has 0 radical (unpaired) electrons. The quantitative estimate of drug-likeness (QED) is 0.177. The molecule has 2 aliphatic heterocycles. The van der Waals surface area contributed by atoms with E-state index < -0.39 is 6.09 Å². The third-order valence-corrected chi connectivity index (χ3v) is 11.8. The van der Waals surface area contributed by atoms with Crippen molar-refractivity contribution in [3.05, 3.63) is 132 Å². The molecule has 0 spiro atoms. The fourth-order valence-electron chi connectivity index (χ4n) is 6.97. The lowest BCUT2D eigenvalue weighted by Crippen LogP contribution is -2.28. The summed E-state index contributed by atoms with van der Waals surface area (Å²) in [5.41, 5.74) is 8.08. The van der Waals surface area contributed by atoms with Gasteiger partial charge >= 0.3 is 6.09 Å². The van der Waals surface area contributed by atoms with E-state index in [9.17, 15) is 4.79 Å². The van der Waals surface area contributed by atoms with Crippen molar-refractivity contribution in [1.82, 2.24) is 0 Å². The van der Waals surface area contributed by atoms with Gasteiger partial charge in [-0.1, -0.05) is 97.1 Å². The molecular formula is C42H27NO3S2. The molecule has 1 fully saturated rings. The highest BCUT2D eigenvalue weighted by Crippen LogP contribution is 2.45. The van der Waals surface area contributed by atoms with Gasteiger partial charge in [0.05, 0.1) is 18.0 Å². The molecule has 1 amide bonds. The molecule has 230 valence electrons. The molecule has 2 aliphatic rings. The summed E-state index contributed by atoms with van der Waals surface area (Å²) in [7, 11) is 0. The number of carbonyl (C=O) groups excluding carboxylic acids is 1. The lowest BCUT2D eigenvalue weighted by Gasteiger charge is -2.25. The summed E-state index contributed by atoms with van der Waals surface area (Å²) in [4.78, 5) is 15.6. The Morgan fingerprint density at radius 3 is 1.67 bits per heavy atom. The van der Waals surface area contributed by atoms with Crippen LogP contribution in [0.1, 0.15) is 11.1 Å². The number of epoxide rings is 1. The first kappa shape index (κ1) is 27.8. The monoisotopic (exact) mass is 657 g/mol. The van der Waals surface area contributed by atoms with Crippen LogP contribution in [0.2, 0.25) is 0 Å². The number of anilines is 2. The number of nitrogens with zero attached hydrogens (tertiary/aromatic N) is 1. The van der Waals surface area contributed by atoms with Gasteiger partial charge in [-0.05, 0) is 69.8 Å². The number of rotatable bonds is 4. The minimum absolute atomic E-state index is 0.0219. The highest BCUT2D eigenvalue weighted by molar-refractivity contribution is 7.26. The van der Waals surface area contributed by atoms with Crippen molar-refractivity contribution in [2.45, 2.75) is 6.10 Å². The maximum Gasteiger partial charge on any atom is 0.419 e. The van der Waals surface area contributed by atoms with Crippen LogP contribution in [0.3, 0.4) is 0 Å². The third kappa shape index (κ3) is 4.48. The molecule has 0 saturated carbocycles. The SMILES string of the molecule is O=C(OCC1CO1)N1c2ccc(-c3cccc4c3sc3ccccc34)cc2C=Cc2cc(-c3cccc4c3sc3ccccc34)ccc21. The van der Waals surface area contributed by atoms with Crippen molar-refractivity contribution in [3.8, 4) is 22.3 Å². The molecule has 10 rings (SSSR count). The van der Waals surface area contributed by atoms with Gasteiger partial charge in [0.15, 0.2) is 0 Å². The zero-order valence-electron chi connectivity index (χ0n) is 25.7. The van der Waals surface area contributed by atoms with Gasteiger partial charge in [-0.2, -0.15) is 0 Å². The predicted octanol–water partition coefficient (Wildman–Crippen LogP) is 11.9. The number of benzene rings is 6. The van der Waals surface area contributed by atoms with Crippen LogP contribution in [0.25, 0.3) is 74.8 Å². The lowest BCUT2D eigenvalue weighted by molar-refractivity contribution is 0.145. The molecule has 1 atom stereocenters. The van der Waals surface area contributed by atoms with Gasteiger partial charge in [-0.3, -0.25) is 0 Å². The van der Waals surface area contributed by atoms with Crippen LogP contribution in [-0.2, 0) is 9.47 Å². The van der Waals surface area contributed by atoms with Crippen LogP contribution in [0.15, 0.2) is 121 Å². The van der Waals surface area contributed by atoms with Crippen molar-refractivity contribution < 1.29 is 14.3 Å². The second-order valence-electron chi connectivity index (χ2n) is 12.3. The third-order valence-electron chi connectivity index (χ3n) is 9.39. The zero-order chi connectivity index (χ0) is 31.8. The second-order valence-corrected chi connectivity index (χ2v) is 14.4. The van der Waals surface area contributed by atoms with E-state index in [4.69, 9.17) is 9.47 Å². The van der Waals surface area contributed by atoms with Crippen molar-refractivity contribution in [3.63, 3.8) is 0 Å². The van der Waals surface area contributed by atoms with E-state index in [2.05, 4.69) is 133 Å². The predicted molar refractivity (Wildman–Crippen MR) is 202 cm³/mol. The van der Waals surface area contributed by atoms with E-state index in [1.54, 1.807) is 4.90 Å². The molecule has 48 heavy (non-hydrogen) atoms. The van der Waals surface area contributed by atoms with E-state index in [0.717, 1.165) is 33.6 Å². The molecule has 0 N–H and O–H groups in total. The fourth-order valence-corrected chi connectivity index (χ4v) is 9.44. The number of hydrogen-bond donors (Lipinski definition) is 0. The van der Waals surface area contributed by atoms with Gasteiger partial charge in [0.2, 0.25) is 0 Å². The van der Waals surface area contributed by atoms with Gasteiger partial charge in [0.1, 0.15) is 12.7 Å². The van der Waals surface area contributed by atoms with Crippen LogP contribution in [-0.4, -0.2) is 25.4 Å². The molecule has 0 aliphatic carbocycles. The summed E-state index contributed by atoms with van der Waals surface area (Å²) in [6.45, 7) is 0.868. The number of ether oxygens (including phenoxy) is 2. The number of fused-ring (bicyclic) bond motifs is 8. The van der Waals surface area contributed by atoms with Gasteiger partial charge in [0.25, 0.3) is 0 Å². The van der Waals surface area contributed by atoms with E-state index in [-0.39, 0.29) is 12.7 Å². The normalized spacial score (nSPS) is 15.2. The minimum atomic E-state index is -0.407. The molecule has 0 bridgehead atoms. The van der Waals surface area contributed by atoms with Gasteiger partial charge in [0, 0.05) is 40.3 Å². The van der Waals surface area contributed by atoms with Crippen LogP contribution >= 0.6 is 22.7 Å². The van der Waals surface area contributed by atoms with Gasteiger partial charge < -0.3 is 9.47 Å². The highest BCUT2D eigenvalue weighted by Gasteiger charge is 2.30. The van der Waals surface area contributed by atoms with Gasteiger partial charge in [-0.25, -0.2) is 9.69 Å². The average Bonchev–Trinajstić information content (AvgIpc) is 3.81. The smallest absolute Gasteiger partial charge is 0.419 e. The van der Waals surface area contributed by atoms with Crippen LogP contribution < -0.4 is 4.90 Å². The molecule has 4 nitrogen and oxygen atoms in total. The Bertz CT molecular complexity index is 2460. The largest absolute Gasteiger partial charge is 0.446 e. The lowest BCUT2D eigenvalue weighted by atomic mass is 9.99. The van der Waals surface area contributed by atoms with Crippen LogP contribution in [0.4, 0.5) is 16.2 Å². The highest BCUT2D eigenvalue weighted by atomic mass is 32.1. The average molecular weight is 658 g/mol. The molecule has 1 saturated heterocycles. The Morgan fingerprint density at radius 1 is 0.646 bits per heavy atom.